The van der Waals surface area contributed by atoms with Gasteiger partial charge in [-0.3, -0.25) is 9.88 Å². The van der Waals surface area contributed by atoms with E-state index in [0.717, 1.165) is 25.9 Å². The highest BCUT2D eigenvalue weighted by atomic mass is 19.1. The highest BCUT2D eigenvalue weighted by Crippen LogP contribution is 2.40. The molecule has 1 saturated carbocycles. The van der Waals surface area contributed by atoms with Crippen molar-refractivity contribution < 1.29 is 19.3 Å². The van der Waals surface area contributed by atoms with Gasteiger partial charge in [-0.2, -0.15) is 0 Å². The fourth-order valence-electron chi connectivity index (χ4n) is 4.24. The van der Waals surface area contributed by atoms with Crippen LogP contribution in [0.1, 0.15) is 24.6 Å². The summed E-state index contributed by atoms with van der Waals surface area (Å²) in [7, 11) is 0. The number of aliphatic hydroxyl groups excluding tert-OH is 1. The van der Waals surface area contributed by atoms with Crippen molar-refractivity contribution in [2.24, 2.45) is 11.8 Å². The molecule has 2 N–H and O–H groups in total. The average Bonchev–Trinajstić information content (AvgIpc) is 3.15. The number of hydrogen-bond acceptors (Lipinski definition) is 5. The smallest absolute Gasteiger partial charge is 0.165 e. The third kappa shape index (κ3) is 3.66. The van der Waals surface area contributed by atoms with Gasteiger partial charge in [-0.25, -0.2) is 4.39 Å². The lowest BCUT2D eigenvalue weighted by Crippen LogP contribution is -2.29. The molecule has 6 heteroatoms. The normalized spacial score (nSPS) is 26.6. The number of nitrogens with zero attached hydrogens (tertiary/aromatic N) is 2. The van der Waals surface area contributed by atoms with Crippen LogP contribution in [0.5, 0.6) is 11.5 Å². The first-order valence-electron chi connectivity index (χ1n) is 9.05. The van der Waals surface area contributed by atoms with Crippen LogP contribution in [0, 0.1) is 17.7 Å². The van der Waals surface area contributed by atoms with Crippen molar-refractivity contribution in [3.63, 3.8) is 0 Å². The molecule has 0 radical (unpaired) electrons. The molecule has 138 valence electrons. The van der Waals surface area contributed by atoms with E-state index in [2.05, 4.69) is 9.88 Å². The number of ether oxygens (including phenoxy) is 1. The molecule has 5 nitrogen and oxygen atoms in total. The summed E-state index contributed by atoms with van der Waals surface area (Å²) in [6, 6.07) is 9.73. The first kappa shape index (κ1) is 17.2. The summed E-state index contributed by atoms with van der Waals surface area (Å²) >= 11 is 0. The maximum absolute atomic E-state index is 13.7. The fraction of sp³-hybridized carbons (Fsp3) is 0.450. The van der Waals surface area contributed by atoms with E-state index in [0.29, 0.717) is 29.8 Å². The molecule has 2 aromatic rings. The predicted octanol–water partition coefficient (Wildman–Crippen LogP) is 2.75. The Labute approximate surface area is 152 Å². The minimum Gasteiger partial charge on any atom is -0.506 e. The first-order valence-corrected chi connectivity index (χ1v) is 9.05. The number of aliphatic hydroxyl groups is 1. The topological polar surface area (TPSA) is 65.8 Å². The van der Waals surface area contributed by atoms with E-state index < -0.39 is 6.10 Å². The third-order valence-corrected chi connectivity index (χ3v) is 5.46. The summed E-state index contributed by atoms with van der Waals surface area (Å²) < 4.78 is 19.6. The van der Waals surface area contributed by atoms with Gasteiger partial charge < -0.3 is 14.9 Å². The molecule has 1 aromatic heterocycles. The molecule has 0 unspecified atom stereocenters. The monoisotopic (exact) mass is 358 g/mol. The SMILES string of the molecule is Oc1ccc([C@@H](O)CN2C[C@H]3C[C@@H](Oc4ccccc4F)C[C@H]3C2)nc1. The van der Waals surface area contributed by atoms with E-state index >= 15 is 0 Å². The van der Waals surface area contributed by atoms with Gasteiger partial charge in [0.2, 0.25) is 0 Å². The summed E-state index contributed by atoms with van der Waals surface area (Å²) in [5, 5.41) is 19.6. The number of pyridine rings is 1. The zero-order chi connectivity index (χ0) is 18.1. The van der Waals surface area contributed by atoms with Crippen molar-refractivity contribution in [1.82, 2.24) is 9.88 Å². The zero-order valence-corrected chi connectivity index (χ0v) is 14.5. The Bertz CT molecular complexity index is 741. The number of aromatic hydroxyl groups is 1. The highest BCUT2D eigenvalue weighted by molar-refractivity contribution is 5.24. The highest BCUT2D eigenvalue weighted by Gasteiger charge is 2.42. The molecule has 1 aliphatic carbocycles. The van der Waals surface area contributed by atoms with Gasteiger partial charge in [-0.15, -0.1) is 0 Å². The van der Waals surface area contributed by atoms with Crippen LogP contribution in [0.4, 0.5) is 4.39 Å². The second kappa shape index (κ2) is 7.21. The Kier molecular flexibility index (Phi) is 4.78. The minimum atomic E-state index is -0.667. The Balaban J connectivity index is 1.29. The Morgan fingerprint density at radius 2 is 1.88 bits per heavy atom. The van der Waals surface area contributed by atoms with Crippen LogP contribution < -0.4 is 4.74 Å². The number of fused-ring (bicyclic) bond motifs is 1. The largest absolute Gasteiger partial charge is 0.506 e. The molecule has 1 aromatic carbocycles. The van der Waals surface area contributed by atoms with Crippen molar-refractivity contribution in [2.75, 3.05) is 19.6 Å². The molecule has 0 spiro atoms. The molecule has 1 saturated heterocycles. The molecule has 1 aliphatic heterocycles. The van der Waals surface area contributed by atoms with Crippen LogP contribution in [-0.2, 0) is 0 Å². The number of hydrogen-bond donors (Lipinski definition) is 2. The second-order valence-corrected chi connectivity index (χ2v) is 7.34. The number of benzene rings is 1. The van der Waals surface area contributed by atoms with Gasteiger partial charge >= 0.3 is 0 Å². The van der Waals surface area contributed by atoms with Gasteiger partial charge in [0.25, 0.3) is 0 Å². The predicted molar refractivity (Wildman–Crippen MR) is 94.3 cm³/mol. The standard InChI is InChI=1S/C20H23FN2O3/c21-17-3-1-2-4-20(17)26-16-7-13-10-23(11-14(13)8-16)12-19(25)18-6-5-15(24)9-22-18/h1-6,9,13-14,16,19,24-25H,7-8,10-12H2/t13-,14+,16-,19-/m0/s1. The first-order chi connectivity index (χ1) is 12.6. The molecule has 2 aliphatic rings. The van der Waals surface area contributed by atoms with Crippen LogP contribution in [0.15, 0.2) is 42.6 Å². The number of aromatic nitrogens is 1. The van der Waals surface area contributed by atoms with Gasteiger partial charge in [-0.05, 0) is 48.9 Å². The molecular weight excluding hydrogens is 335 g/mol. The van der Waals surface area contributed by atoms with Gasteiger partial charge in [0.05, 0.1) is 18.0 Å². The average molecular weight is 358 g/mol. The van der Waals surface area contributed by atoms with Crippen molar-refractivity contribution in [3.05, 3.63) is 54.1 Å². The van der Waals surface area contributed by atoms with E-state index in [-0.39, 0.29) is 17.7 Å². The van der Waals surface area contributed by atoms with Crippen molar-refractivity contribution in [1.29, 1.82) is 0 Å². The molecule has 4 atom stereocenters. The molecule has 4 rings (SSSR count). The van der Waals surface area contributed by atoms with Crippen LogP contribution in [0.2, 0.25) is 0 Å². The lowest BCUT2D eigenvalue weighted by molar-refractivity contribution is 0.112. The fourth-order valence-corrected chi connectivity index (χ4v) is 4.24. The van der Waals surface area contributed by atoms with Gasteiger partial charge in [0.1, 0.15) is 11.9 Å². The molecule has 2 heterocycles. The summed E-state index contributed by atoms with van der Waals surface area (Å²) in [4.78, 5) is 6.34. The lowest BCUT2D eigenvalue weighted by Gasteiger charge is -2.22. The number of β-amino-alcohol motifs (C(OH)–C–C–N with tert-alkyl or cyclic N) is 1. The van der Waals surface area contributed by atoms with Crippen molar-refractivity contribution >= 4 is 0 Å². The summed E-state index contributed by atoms with van der Waals surface area (Å²) in [6.45, 7) is 2.36. The summed E-state index contributed by atoms with van der Waals surface area (Å²) in [5.41, 5.74) is 0.570. The number of para-hydroxylation sites is 1. The Morgan fingerprint density at radius 3 is 2.54 bits per heavy atom. The van der Waals surface area contributed by atoms with Gasteiger partial charge in [0.15, 0.2) is 11.6 Å². The maximum atomic E-state index is 13.7. The van der Waals surface area contributed by atoms with Crippen molar-refractivity contribution in [2.45, 2.75) is 25.0 Å². The molecule has 2 fully saturated rings. The van der Waals surface area contributed by atoms with Crippen LogP contribution >= 0.6 is 0 Å². The maximum Gasteiger partial charge on any atom is 0.165 e. The van der Waals surface area contributed by atoms with Crippen LogP contribution in [0.3, 0.4) is 0 Å². The molecule has 0 amide bonds. The zero-order valence-electron chi connectivity index (χ0n) is 14.5. The number of rotatable bonds is 5. The van der Waals surface area contributed by atoms with Gasteiger partial charge in [0, 0.05) is 19.6 Å². The van der Waals surface area contributed by atoms with E-state index in [9.17, 15) is 14.6 Å². The van der Waals surface area contributed by atoms with Crippen molar-refractivity contribution in [3.8, 4) is 11.5 Å². The Hall–Kier alpha value is -2.18. The van der Waals surface area contributed by atoms with Gasteiger partial charge in [-0.1, -0.05) is 12.1 Å². The van der Waals surface area contributed by atoms with E-state index in [4.69, 9.17) is 4.74 Å². The molecular formula is C20H23FN2O3. The molecule has 26 heavy (non-hydrogen) atoms. The molecule has 0 bridgehead atoms. The third-order valence-electron chi connectivity index (χ3n) is 5.46. The Morgan fingerprint density at radius 1 is 1.15 bits per heavy atom. The number of likely N-dealkylation sites (tertiary alicyclic amines) is 1. The van der Waals surface area contributed by atoms with Crippen LogP contribution in [0.25, 0.3) is 0 Å². The summed E-state index contributed by atoms with van der Waals surface area (Å²) in [5.74, 6) is 1.16. The quantitative estimate of drug-likeness (QED) is 0.860. The summed E-state index contributed by atoms with van der Waals surface area (Å²) in [6.07, 6.45) is 2.58. The van der Waals surface area contributed by atoms with E-state index in [1.807, 2.05) is 0 Å². The lowest BCUT2D eigenvalue weighted by atomic mass is 10.0. The number of halogens is 1. The van der Waals surface area contributed by atoms with E-state index in [1.165, 1.54) is 18.3 Å². The second-order valence-electron chi connectivity index (χ2n) is 7.34. The van der Waals surface area contributed by atoms with E-state index in [1.54, 1.807) is 24.3 Å². The van der Waals surface area contributed by atoms with Crippen LogP contribution in [-0.4, -0.2) is 45.8 Å². The minimum absolute atomic E-state index is 0.0627.